The molecule has 22 heavy (non-hydrogen) atoms. The minimum atomic E-state index is -1.34. The van der Waals surface area contributed by atoms with Gasteiger partial charge in [0.15, 0.2) is 0 Å². The number of hydrogen-bond donors (Lipinski definition) is 2. The fourth-order valence-electron chi connectivity index (χ4n) is 3.85. The number of carbonyl (C=O) groups excluding carboxylic acids is 1. The third-order valence-electron chi connectivity index (χ3n) is 4.92. The molecule has 0 unspecified atom stereocenters. The summed E-state index contributed by atoms with van der Waals surface area (Å²) in [6, 6.07) is 1.17. The topological polar surface area (TPSA) is 101 Å². The molecule has 2 N–H and O–H groups in total. The van der Waals surface area contributed by atoms with Crippen LogP contribution in [0.2, 0.25) is 0 Å². The van der Waals surface area contributed by atoms with Crippen molar-refractivity contribution >= 4 is 17.9 Å². The number of benzene rings is 1. The molecule has 6 nitrogen and oxygen atoms in total. The molecule has 116 valence electrons. The van der Waals surface area contributed by atoms with Crippen LogP contribution >= 0.6 is 0 Å². The van der Waals surface area contributed by atoms with Gasteiger partial charge >= 0.3 is 17.9 Å². The van der Waals surface area contributed by atoms with Crippen LogP contribution in [-0.4, -0.2) is 28.1 Å². The molecule has 0 aromatic heterocycles. The van der Waals surface area contributed by atoms with E-state index in [4.69, 9.17) is 4.74 Å². The Balaban J connectivity index is 2.27. The molecule has 0 heterocycles. The molecule has 0 bridgehead atoms. The van der Waals surface area contributed by atoms with Crippen LogP contribution in [0.3, 0.4) is 0 Å². The number of carboxylic acids is 2. The van der Waals surface area contributed by atoms with Crippen LogP contribution in [0.5, 0.6) is 5.75 Å². The minimum Gasteiger partial charge on any atom is -0.478 e. The van der Waals surface area contributed by atoms with E-state index >= 15 is 0 Å². The second-order valence-electron chi connectivity index (χ2n) is 6.50. The summed E-state index contributed by atoms with van der Waals surface area (Å²) in [7, 11) is 0. The van der Waals surface area contributed by atoms with Crippen molar-refractivity contribution < 1.29 is 29.3 Å². The smallest absolute Gasteiger partial charge is 0.336 e. The number of rotatable bonds is 3. The average Bonchev–Trinajstić information content (AvgIpc) is 2.76. The van der Waals surface area contributed by atoms with Crippen molar-refractivity contribution in [3.8, 4) is 5.75 Å². The van der Waals surface area contributed by atoms with Gasteiger partial charge in [0.1, 0.15) is 5.75 Å². The molecule has 1 saturated carbocycles. The fourth-order valence-corrected chi connectivity index (χ4v) is 3.85. The normalized spacial score (nSPS) is 23.4. The third kappa shape index (κ3) is 1.83. The van der Waals surface area contributed by atoms with E-state index in [1.165, 1.54) is 13.0 Å². The molecule has 3 rings (SSSR count). The highest BCUT2D eigenvalue weighted by Crippen LogP contribution is 2.72. The molecule has 0 amide bonds. The summed E-state index contributed by atoms with van der Waals surface area (Å²) in [5.74, 6) is -2.60. The van der Waals surface area contributed by atoms with Crippen molar-refractivity contribution in [2.24, 2.45) is 11.3 Å². The minimum absolute atomic E-state index is 0.0163. The highest BCUT2D eigenvalue weighted by molar-refractivity contribution is 6.04. The third-order valence-corrected chi connectivity index (χ3v) is 4.92. The van der Waals surface area contributed by atoms with Gasteiger partial charge in [-0.3, -0.25) is 4.79 Å². The summed E-state index contributed by atoms with van der Waals surface area (Å²) in [5, 5.41) is 18.7. The van der Waals surface area contributed by atoms with Crippen LogP contribution in [0.4, 0.5) is 0 Å². The molecule has 0 radical (unpaired) electrons. The van der Waals surface area contributed by atoms with Gasteiger partial charge in [-0.1, -0.05) is 13.8 Å². The Bertz CT molecular complexity index is 731. The summed E-state index contributed by atoms with van der Waals surface area (Å²) in [4.78, 5) is 34.2. The van der Waals surface area contributed by atoms with E-state index in [9.17, 15) is 24.6 Å². The number of carboxylic acid groups (broad SMARTS) is 2. The Morgan fingerprint density at radius 1 is 1.23 bits per heavy atom. The first-order valence-corrected chi connectivity index (χ1v) is 7.01. The Labute approximate surface area is 126 Å². The first kappa shape index (κ1) is 14.6. The summed E-state index contributed by atoms with van der Waals surface area (Å²) < 4.78 is 5.18. The number of carbonyl (C=O) groups is 3. The van der Waals surface area contributed by atoms with Gasteiger partial charge in [0.2, 0.25) is 0 Å². The van der Waals surface area contributed by atoms with Crippen LogP contribution in [0, 0.1) is 11.3 Å². The van der Waals surface area contributed by atoms with E-state index < -0.39 is 17.9 Å². The standard InChI is InChI=1S/C16H16O6/c1-6(17)22-10-5-8(14(18)19)11(15(20)21)7-4-9-13(12(7)10)16(9,2)3/h5,9,13H,4H2,1-3H3,(H,18,19)(H,20,21)/t9-,13-/m1/s1. The SMILES string of the molecule is CC(=O)Oc1cc(C(=O)O)c(C(=O)O)c2c1[C@H]1[C@@H](C2)C1(C)C. The van der Waals surface area contributed by atoms with Crippen molar-refractivity contribution in [1.82, 2.24) is 0 Å². The maximum absolute atomic E-state index is 11.5. The highest BCUT2D eigenvalue weighted by Gasteiger charge is 2.64. The number of fused-ring (bicyclic) bond motifs is 3. The molecule has 6 heteroatoms. The van der Waals surface area contributed by atoms with Crippen molar-refractivity contribution in [2.75, 3.05) is 0 Å². The zero-order chi connectivity index (χ0) is 16.4. The average molecular weight is 304 g/mol. The maximum atomic E-state index is 11.5. The Morgan fingerprint density at radius 2 is 1.86 bits per heavy atom. The number of ether oxygens (including phenoxy) is 1. The summed E-state index contributed by atoms with van der Waals surface area (Å²) in [6.07, 6.45) is 0.504. The lowest BCUT2D eigenvalue weighted by Crippen LogP contribution is -2.16. The van der Waals surface area contributed by atoms with Gasteiger partial charge in [-0.2, -0.15) is 0 Å². The number of hydrogen-bond acceptors (Lipinski definition) is 4. The maximum Gasteiger partial charge on any atom is 0.336 e. The molecule has 0 aliphatic heterocycles. The Kier molecular flexibility index (Phi) is 2.86. The molecule has 1 aromatic carbocycles. The quantitative estimate of drug-likeness (QED) is 0.656. The van der Waals surface area contributed by atoms with Crippen molar-refractivity contribution in [1.29, 1.82) is 0 Å². The van der Waals surface area contributed by atoms with E-state index in [1.807, 2.05) is 0 Å². The lowest BCUT2D eigenvalue weighted by molar-refractivity contribution is -0.131. The van der Waals surface area contributed by atoms with E-state index in [-0.39, 0.29) is 34.1 Å². The van der Waals surface area contributed by atoms with E-state index in [0.717, 1.165) is 0 Å². The van der Waals surface area contributed by atoms with Crippen molar-refractivity contribution in [3.63, 3.8) is 0 Å². The van der Waals surface area contributed by atoms with Crippen LogP contribution in [0.25, 0.3) is 0 Å². The second-order valence-corrected chi connectivity index (χ2v) is 6.50. The molecule has 1 fully saturated rings. The van der Waals surface area contributed by atoms with Crippen molar-refractivity contribution in [3.05, 3.63) is 28.3 Å². The molecular weight excluding hydrogens is 288 g/mol. The van der Waals surface area contributed by atoms with Crippen LogP contribution < -0.4 is 4.74 Å². The van der Waals surface area contributed by atoms with Crippen LogP contribution in [0.15, 0.2) is 6.07 Å². The summed E-state index contributed by atoms with van der Waals surface area (Å²) in [6.45, 7) is 5.39. The summed E-state index contributed by atoms with van der Waals surface area (Å²) in [5.41, 5.74) is 0.691. The van der Waals surface area contributed by atoms with Crippen LogP contribution in [-0.2, 0) is 11.2 Å². The molecule has 1 aromatic rings. The van der Waals surface area contributed by atoms with Gasteiger partial charge in [0.25, 0.3) is 0 Å². The molecule has 0 spiro atoms. The predicted molar refractivity (Wildman–Crippen MR) is 75.4 cm³/mol. The first-order valence-electron chi connectivity index (χ1n) is 7.01. The van der Waals surface area contributed by atoms with Gasteiger partial charge in [-0.15, -0.1) is 0 Å². The zero-order valence-corrected chi connectivity index (χ0v) is 12.5. The highest BCUT2D eigenvalue weighted by atomic mass is 16.5. The van der Waals surface area contributed by atoms with Gasteiger partial charge in [0, 0.05) is 12.5 Å². The lowest BCUT2D eigenvalue weighted by Gasteiger charge is -2.18. The monoisotopic (exact) mass is 304 g/mol. The van der Waals surface area contributed by atoms with Gasteiger partial charge in [0.05, 0.1) is 11.1 Å². The zero-order valence-electron chi connectivity index (χ0n) is 12.5. The molecular formula is C16H16O6. The largest absolute Gasteiger partial charge is 0.478 e. The molecule has 0 saturated heterocycles. The second kappa shape index (κ2) is 4.32. The molecule has 2 aliphatic carbocycles. The van der Waals surface area contributed by atoms with E-state index in [0.29, 0.717) is 17.5 Å². The van der Waals surface area contributed by atoms with E-state index in [2.05, 4.69) is 13.8 Å². The molecule has 2 atom stereocenters. The fraction of sp³-hybridized carbons (Fsp3) is 0.438. The lowest BCUT2D eigenvalue weighted by atomic mass is 9.88. The van der Waals surface area contributed by atoms with Gasteiger partial charge in [-0.05, 0) is 35.3 Å². The number of aromatic carboxylic acids is 2. The van der Waals surface area contributed by atoms with Gasteiger partial charge < -0.3 is 14.9 Å². The first-order chi connectivity index (χ1) is 10.2. The predicted octanol–water partition coefficient (Wildman–Crippen LogP) is 2.30. The number of esters is 1. The van der Waals surface area contributed by atoms with Crippen molar-refractivity contribution in [2.45, 2.75) is 33.1 Å². The van der Waals surface area contributed by atoms with Gasteiger partial charge in [-0.25, -0.2) is 9.59 Å². The molecule has 2 aliphatic rings. The van der Waals surface area contributed by atoms with E-state index in [1.54, 1.807) is 0 Å². The summed E-state index contributed by atoms with van der Waals surface area (Å²) >= 11 is 0. The Morgan fingerprint density at radius 3 is 2.36 bits per heavy atom. The Hall–Kier alpha value is -2.37. The van der Waals surface area contributed by atoms with Crippen LogP contribution in [0.1, 0.15) is 58.5 Å².